The van der Waals surface area contributed by atoms with Crippen LogP contribution in [0.4, 0.5) is 0 Å². The Morgan fingerprint density at radius 2 is 0.460 bits per heavy atom. The van der Waals surface area contributed by atoms with Gasteiger partial charge in [-0.2, -0.15) is 0 Å². The van der Waals surface area contributed by atoms with Crippen LogP contribution in [0.5, 0.6) is 0 Å². The fourth-order valence-corrected chi connectivity index (χ4v) is 14.1. The highest BCUT2D eigenvalue weighted by atomic mass is 31.2. The van der Waals surface area contributed by atoms with Crippen LogP contribution >= 0.6 is 15.6 Å². The maximum Gasteiger partial charge on any atom is 0.472 e. The van der Waals surface area contributed by atoms with Gasteiger partial charge in [-0.15, -0.1) is 0 Å². The summed E-state index contributed by atoms with van der Waals surface area (Å²) in [5.41, 5.74) is 0. The average molecular weight is 1470 g/mol. The van der Waals surface area contributed by atoms with Crippen LogP contribution in [-0.4, -0.2) is 96.7 Å². The Morgan fingerprint density at radius 3 is 0.680 bits per heavy atom. The largest absolute Gasteiger partial charge is 0.472 e. The van der Waals surface area contributed by atoms with Crippen LogP contribution in [-0.2, 0) is 65.4 Å². The summed E-state index contributed by atoms with van der Waals surface area (Å²) >= 11 is 0. The molecule has 0 saturated heterocycles. The minimum absolute atomic E-state index is 0.106. The summed E-state index contributed by atoms with van der Waals surface area (Å²) in [5, 5.41) is 10.6. The van der Waals surface area contributed by atoms with E-state index in [2.05, 4.69) is 48.5 Å². The molecule has 0 amide bonds. The molecular weight excluding hydrogens is 1310 g/mol. The lowest BCUT2D eigenvalue weighted by atomic mass is 10.0. The normalized spacial score (nSPS) is 14.0. The van der Waals surface area contributed by atoms with E-state index in [1.807, 2.05) is 0 Å². The number of unbranched alkanes of at least 4 members (excludes halogenated alkanes) is 47. The molecule has 19 heteroatoms. The number of ether oxygens (including phenoxy) is 4. The average Bonchev–Trinajstić information content (AvgIpc) is 0.935. The van der Waals surface area contributed by atoms with E-state index in [1.54, 1.807) is 0 Å². The Morgan fingerprint density at radius 1 is 0.270 bits per heavy atom. The molecule has 0 heterocycles. The van der Waals surface area contributed by atoms with Crippen molar-refractivity contribution in [3.8, 4) is 0 Å². The highest BCUT2D eigenvalue weighted by Crippen LogP contribution is 2.45. The van der Waals surface area contributed by atoms with E-state index < -0.39 is 97.5 Å². The summed E-state index contributed by atoms with van der Waals surface area (Å²) in [5.74, 6) is 0.221. The van der Waals surface area contributed by atoms with Crippen molar-refractivity contribution in [1.82, 2.24) is 0 Å². The first-order valence-electron chi connectivity index (χ1n) is 41.8. The Kier molecular flexibility index (Phi) is 69.9. The van der Waals surface area contributed by atoms with E-state index >= 15 is 0 Å². The highest BCUT2D eigenvalue weighted by Gasteiger charge is 2.30. The molecule has 0 bridgehead atoms. The Balaban J connectivity index is 5.23. The molecule has 0 spiro atoms. The van der Waals surface area contributed by atoms with E-state index in [9.17, 15) is 43.2 Å². The number of phosphoric ester groups is 2. The molecule has 3 N–H and O–H groups in total. The number of esters is 4. The summed E-state index contributed by atoms with van der Waals surface area (Å²) in [6.45, 7) is 12.0. The zero-order valence-electron chi connectivity index (χ0n) is 65.7. The predicted molar refractivity (Wildman–Crippen MR) is 409 cm³/mol. The zero-order chi connectivity index (χ0) is 73.7. The quantitative estimate of drug-likeness (QED) is 0.0222. The molecule has 100 heavy (non-hydrogen) atoms. The maximum absolute atomic E-state index is 13.1. The van der Waals surface area contributed by atoms with Gasteiger partial charge in [-0.25, -0.2) is 9.13 Å². The molecule has 0 aromatic carbocycles. The van der Waals surface area contributed by atoms with Crippen LogP contribution in [0.15, 0.2) is 0 Å². The number of phosphoric acid groups is 2. The molecule has 594 valence electrons. The van der Waals surface area contributed by atoms with Gasteiger partial charge >= 0.3 is 39.5 Å². The molecule has 0 aliphatic rings. The molecular formula is C81H158O17P2. The van der Waals surface area contributed by atoms with E-state index in [4.69, 9.17) is 37.0 Å². The second-order valence-electron chi connectivity index (χ2n) is 30.6. The van der Waals surface area contributed by atoms with Gasteiger partial charge in [0.05, 0.1) is 26.4 Å². The molecule has 0 fully saturated rings. The summed E-state index contributed by atoms with van der Waals surface area (Å²) in [6.07, 6.45) is 59.6. The van der Waals surface area contributed by atoms with E-state index in [1.165, 1.54) is 231 Å². The molecule has 0 saturated carbocycles. The lowest BCUT2D eigenvalue weighted by molar-refractivity contribution is -0.161. The first kappa shape index (κ1) is 98.1. The minimum atomic E-state index is -4.96. The van der Waals surface area contributed by atoms with Crippen molar-refractivity contribution in [3.63, 3.8) is 0 Å². The van der Waals surface area contributed by atoms with Gasteiger partial charge in [0.15, 0.2) is 12.2 Å². The van der Waals surface area contributed by atoms with E-state index in [0.717, 1.165) is 108 Å². The van der Waals surface area contributed by atoms with Crippen molar-refractivity contribution in [2.75, 3.05) is 39.6 Å². The fourth-order valence-electron chi connectivity index (χ4n) is 12.5. The van der Waals surface area contributed by atoms with Crippen LogP contribution < -0.4 is 0 Å². The number of carbonyl (C=O) groups is 4. The van der Waals surface area contributed by atoms with Crippen LogP contribution in [0, 0.1) is 17.8 Å². The van der Waals surface area contributed by atoms with E-state index in [-0.39, 0.29) is 25.7 Å². The van der Waals surface area contributed by atoms with Crippen LogP contribution in [0.2, 0.25) is 0 Å². The first-order chi connectivity index (χ1) is 48.2. The zero-order valence-corrected chi connectivity index (χ0v) is 67.5. The van der Waals surface area contributed by atoms with Crippen LogP contribution in [0.3, 0.4) is 0 Å². The van der Waals surface area contributed by atoms with Gasteiger partial charge in [-0.3, -0.25) is 37.3 Å². The second kappa shape index (κ2) is 71.3. The van der Waals surface area contributed by atoms with Crippen molar-refractivity contribution in [3.05, 3.63) is 0 Å². The number of carbonyl (C=O) groups excluding carboxylic acids is 4. The Hall–Kier alpha value is -1.94. The first-order valence-corrected chi connectivity index (χ1v) is 44.8. The van der Waals surface area contributed by atoms with Gasteiger partial charge in [0.2, 0.25) is 0 Å². The standard InChI is InChI=1S/C81H158O17P2/c1-8-9-10-11-12-13-14-21-25-34-41-48-55-62-78(83)91-68-77(98-81(86)65-58-51-44-37-30-28-33-40-47-54-61-74(6)7)71-96-100(89,90)94-67-75(82)66-93-99(87,88)95-70-76(69-92-79(84)63-56-49-42-35-29-27-32-39-46-53-60-73(4)5)97-80(85)64-57-50-43-36-26-23-20-18-16-15-17-19-22-24-31-38-45-52-59-72(2)3/h72-77,82H,8-71H2,1-7H3,(H,87,88)(H,89,90)/t75-,76-,77-/m1/s1. The lowest BCUT2D eigenvalue weighted by Gasteiger charge is -2.21. The topological polar surface area (TPSA) is 237 Å². The van der Waals surface area contributed by atoms with Crippen LogP contribution in [0.1, 0.15) is 421 Å². The highest BCUT2D eigenvalue weighted by molar-refractivity contribution is 7.47. The van der Waals surface area contributed by atoms with Crippen molar-refractivity contribution < 1.29 is 80.2 Å². The fraction of sp³-hybridized carbons (Fsp3) is 0.951. The third-order valence-electron chi connectivity index (χ3n) is 18.9. The molecule has 0 radical (unpaired) electrons. The Bertz CT molecular complexity index is 1940. The maximum atomic E-state index is 13.1. The van der Waals surface area contributed by atoms with Crippen molar-refractivity contribution >= 4 is 39.5 Å². The molecule has 2 unspecified atom stereocenters. The molecule has 0 rings (SSSR count). The molecule has 5 atom stereocenters. The number of hydrogen-bond acceptors (Lipinski definition) is 15. The molecule has 0 aromatic rings. The van der Waals surface area contributed by atoms with E-state index in [0.29, 0.717) is 25.7 Å². The summed E-state index contributed by atoms with van der Waals surface area (Å²) in [6, 6.07) is 0. The molecule has 17 nitrogen and oxygen atoms in total. The SMILES string of the molecule is CCCCCCCCCCCCCCCC(=O)OC[C@H](COP(=O)(O)OC[C@H](O)COP(=O)(O)OC[C@@H](COC(=O)CCCCCCCCCCCCC(C)C)OC(=O)CCCCCCCCCCCCCCCCCCCCC(C)C)OC(=O)CCCCCCCCCCCCC(C)C. The number of aliphatic hydroxyl groups excluding tert-OH is 1. The van der Waals surface area contributed by atoms with Gasteiger partial charge in [-0.1, -0.05) is 370 Å². The third-order valence-corrected chi connectivity index (χ3v) is 20.8. The number of hydrogen-bond donors (Lipinski definition) is 3. The number of rotatable bonds is 79. The summed E-state index contributed by atoms with van der Waals surface area (Å²) in [7, 11) is -9.92. The van der Waals surface area contributed by atoms with Crippen molar-refractivity contribution in [2.24, 2.45) is 17.8 Å². The summed E-state index contributed by atoms with van der Waals surface area (Å²) in [4.78, 5) is 73.0. The van der Waals surface area contributed by atoms with Crippen molar-refractivity contribution in [1.29, 1.82) is 0 Å². The van der Waals surface area contributed by atoms with Gasteiger partial charge in [-0.05, 0) is 43.4 Å². The van der Waals surface area contributed by atoms with Gasteiger partial charge < -0.3 is 33.8 Å². The monoisotopic (exact) mass is 1470 g/mol. The third kappa shape index (κ3) is 74.3. The lowest BCUT2D eigenvalue weighted by Crippen LogP contribution is -2.30. The van der Waals surface area contributed by atoms with Crippen molar-refractivity contribution in [2.45, 2.75) is 439 Å². The number of aliphatic hydroxyl groups is 1. The van der Waals surface area contributed by atoms with Crippen LogP contribution in [0.25, 0.3) is 0 Å². The van der Waals surface area contributed by atoms with Gasteiger partial charge in [0.1, 0.15) is 19.3 Å². The van der Waals surface area contributed by atoms with Gasteiger partial charge in [0.25, 0.3) is 0 Å². The summed E-state index contributed by atoms with van der Waals surface area (Å²) < 4.78 is 68.7. The molecule has 0 aliphatic carbocycles. The minimum Gasteiger partial charge on any atom is -0.462 e. The Labute approximate surface area is 613 Å². The van der Waals surface area contributed by atoms with Gasteiger partial charge in [0, 0.05) is 25.7 Å². The smallest absolute Gasteiger partial charge is 0.462 e. The second-order valence-corrected chi connectivity index (χ2v) is 33.5. The molecule has 0 aromatic heterocycles. The predicted octanol–water partition coefficient (Wildman–Crippen LogP) is 24.1. The molecule has 0 aliphatic heterocycles.